The van der Waals surface area contributed by atoms with Gasteiger partial charge in [-0.3, -0.25) is 14.5 Å². The zero-order valence-corrected chi connectivity index (χ0v) is 21.8. The van der Waals surface area contributed by atoms with E-state index in [-0.39, 0.29) is 23.6 Å². The number of nitrogens with one attached hydrogen (secondary N) is 1. The van der Waals surface area contributed by atoms with Crippen molar-refractivity contribution in [2.45, 2.75) is 25.4 Å². The van der Waals surface area contributed by atoms with Gasteiger partial charge in [-0.1, -0.05) is 47.6 Å². The number of carbonyl (C=O) groups excluding carboxylic acids is 2. The summed E-state index contributed by atoms with van der Waals surface area (Å²) < 4.78 is 11.4. The summed E-state index contributed by atoms with van der Waals surface area (Å²) in [5.74, 6) is 1.17. The molecule has 3 aromatic rings. The highest BCUT2D eigenvalue weighted by molar-refractivity contribution is 5.92. The van der Waals surface area contributed by atoms with Crippen molar-refractivity contribution in [3.63, 3.8) is 0 Å². The predicted octanol–water partition coefficient (Wildman–Crippen LogP) is 2.89. The molecule has 2 amide bonds. The van der Waals surface area contributed by atoms with Gasteiger partial charge >= 0.3 is 0 Å². The molecular formula is C29H35N5O4. The fraction of sp³-hybridized carbons (Fsp3) is 0.414. The summed E-state index contributed by atoms with van der Waals surface area (Å²) >= 11 is 0. The number of piperazine rings is 1. The van der Waals surface area contributed by atoms with Crippen LogP contribution in [0.1, 0.15) is 29.0 Å². The van der Waals surface area contributed by atoms with E-state index >= 15 is 0 Å². The molecule has 0 aliphatic carbocycles. The third-order valence-electron chi connectivity index (χ3n) is 7.09. The number of hydrogen-bond donors (Lipinski definition) is 1. The van der Waals surface area contributed by atoms with Crippen LogP contribution < -0.4 is 10.1 Å². The fourth-order valence-electron chi connectivity index (χ4n) is 5.04. The van der Waals surface area contributed by atoms with Crippen molar-refractivity contribution >= 4 is 11.8 Å². The van der Waals surface area contributed by atoms with Gasteiger partial charge < -0.3 is 24.4 Å². The minimum Gasteiger partial charge on any atom is -0.492 e. The Labute approximate surface area is 223 Å². The minimum atomic E-state index is -0.118. The number of rotatable bonds is 10. The number of amides is 2. The number of benzene rings is 2. The van der Waals surface area contributed by atoms with E-state index in [1.807, 2.05) is 47.4 Å². The normalized spacial score (nSPS) is 18.1. The second-order valence-electron chi connectivity index (χ2n) is 10.1. The summed E-state index contributed by atoms with van der Waals surface area (Å²) in [6.07, 6.45) is 1.54. The van der Waals surface area contributed by atoms with E-state index in [4.69, 9.17) is 9.26 Å². The first-order valence-corrected chi connectivity index (χ1v) is 13.3. The van der Waals surface area contributed by atoms with Crippen LogP contribution in [0.15, 0.2) is 65.2 Å². The van der Waals surface area contributed by atoms with Crippen LogP contribution >= 0.6 is 0 Å². The molecule has 0 saturated carbocycles. The lowest BCUT2D eigenvalue weighted by Gasteiger charge is -2.34. The Morgan fingerprint density at radius 3 is 2.68 bits per heavy atom. The fourth-order valence-corrected chi connectivity index (χ4v) is 5.04. The molecule has 2 saturated heterocycles. The molecule has 2 aliphatic heterocycles. The molecule has 9 heteroatoms. The van der Waals surface area contributed by atoms with E-state index in [0.717, 1.165) is 50.5 Å². The van der Waals surface area contributed by atoms with Crippen LogP contribution in [0.25, 0.3) is 11.3 Å². The van der Waals surface area contributed by atoms with Gasteiger partial charge in [0.25, 0.3) is 5.91 Å². The van der Waals surface area contributed by atoms with Crippen LogP contribution in [0.2, 0.25) is 0 Å². The van der Waals surface area contributed by atoms with Crippen LogP contribution in [-0.4, -0.2) is 90.6 Å². The molecule has 9 nitrogen and oxygen atoms in total. The molecule has 0 unspecified atom stereocenters. The van der Waals surface area contributed by atoms with Gasteiger partial charge in [0.2, 0.25) is 11.7 Å². The van der Waals surface area contributed by atoms with Gasteiger partial charge in [0, 0.05) is 69.9 Å². The molecule has 1 atom stereocenters. The van der Waals surface area contributed by atoms with Crippen LogP contribution in [0.3, 0.4) is 0 Å². The summed E-state index contributed by atoms with van der Waals surface area (Å²) in [7, 11) is 2.08. The number of aromatic nitrogens is 1. The van der Waals surface area contributed by atoms with Crippen LogP contribution in [0, 0.1) is 0 Å². The second kappa shape index (κ2) is 12.2. The van der Waals surface area contributed by atoms with E-state index < -0.39 is 0 Å². The molecule has 1 N–H and O–H groups in total. The van der Waals surface area contributed by atoms with Crippen molar-refractivity contribution in [3.05, 3.63) is 72.0 Å². The maximum atomic E-state index is 12.9. The maximum absolute atomic E-state index is 12.9. The van der Waals surface area contributed by atoms with Crippen molar-refractivity contribution in [3.8, 4) is 17.0 Å². The highest BCUT2D eigenvalue weighted by Crippen LogP contribution is 2.20. The zero-order valence-electron chi connectivity index (χ0n) is 21.8. The molecule has 2 aromatic carbocycles. The van der Waals surface area contributed by atoms with E-state index in [2.05, 4.69) is 39.5 Å². The molecular weight excluding hydrogens is 482 g/mol. The average Bonchev–Trinajstić information content (AvgIpc) is 3.59. The molecule has 0 radical (unpaired) electrons. The van der Waals surface area contributed by atoms with E-state index in [1.54, 1.807) is 6.07 Å². The van der Waals surface area contributed by atoms with Crippen molar-refractivity contribution in [2.24, 2.45) is 0 Å². The summed E-state index contributed by atoms with van der Waals surface area (Å²) in [5.41, 5.74) is 2.78. The first-order valence-electron chi connectivity index (χ1n) is 13.3. The Kier molecular flexibility index (Phi) is 8.35. The zero-order chi connectivity index (χ0) is 26.3. The van der Waals surface area contributed by atoms with Gasteiger partial charge in [-0.15, -0.1) is 0 Å². The Morgan fingerprint density at radius 1 is 1.11 bits per heavy atom. The van der Waals surface area contributed by atoms with Gasteiger partial charge in [0.1, 0.15) is 18.1 Å². The minimum absolute atomic E-state index is 0.118. The van der Waals surface area contributed by atoms with Crippen LogP contribution in [0.5, 0.6) is 5.75 Å². The third-order valence-corrected chi connectivity index (χ3v) is 7.09. The molecule has 38 heavy (non-hydrogen) atoms. The topological polar surface area (TPSA) is 91.2 Å². The van der Waals surface area contributed by atoms with E-state index in [9.17, 15) is 9.59 Å². The molecule has 5 rings (SSSR count). The maximum Gasteiger partial charge on any atom is 0.292 e. The quantitative estimate of drug-likeness (QED) is 0.442. The van der Waals surface area contributed by atoms with Crippen molar-refractivity contribution < 1.29 is 18.8 Å². The number of nitrogens with zero attached hydrogens (tertiary/aromatic N) is 4. The smallest absolute Gasteiger partial charge is 0.292 e. The SMILES string of the molecule is CN(Cc1cccc(OCCN2CCN(C(=O)c3cc(-c4ccccc4)no3)CC2)c1)C[C@@H]1CCC(=O)N1. The molecule has 3 heterocycles. The highest BCUT2D eigenvalue weighted by Gasteiger charge is 2.25. The van der Waals surface area contributed by atoms with E-state index in [1.165, 1.54) is 5.56 Å². The second-order valence-corrected chi connectivity index (χ2v) is 10.1. The Bertz CT molecular complexity index is 1220. The standard InChI is InChI=1S/C29H35N5O4/c1-32(21-24-10-11-28(35)30-24)20-22-6-5-9-25(18-22)37-17-16-33-12-14-34(15-13-33)29(36)27-19-26(31-38-27)23-7-3-2-4-8-23/h2-9,18-19,24H,10-17,20-21H2,1H3,(H,30,35)/t24-/m0/s1. The van der Waals surface area contributed by atoms with Crippen LogP contribution in [-0.2, 0) is 11.3 Å². The molecule has 2 aliphatic rings. The Hall–Kier alpha value is -3.69. The van der Waals surface area contributed by atoms with Gasteiger partial charge in [-0.2, -0.15) is 0 Å². The predicted molar refractivity (Wildman–Crippen MR) is 144 cm³/mol. The number of hydrogen-bond acceptors (Lipinski definition) is 7. The van der Waals surface area contributed by atoms with Gasteiger partial charge in [-0.25, -0.2) is 0 Å². The van der Waals surface area contributed by atoms with Gasteiger partial charge in [0.15, 0.2) is 0 Å². The van der Waals surface area contributed by atoms with Gasteiger partial charge in [0.05, 0.1) is 0 Å². The summed E-state index contributed by atoms with van der Waals surface area (Å²) in [5, 5.41) is 7.09. The summed E-state index contributed by atoms with van der Waals surface area (Å²) in [4.78, 5) is 30.7. The van der Waals surface area contributed by atoms with Crippen LogP contribution in [0.4, 0.5) is 0 Å². The molecule has 0 bridgehead atoms. The first-order chi connectivity index (χ1) is 18.5. The number of carbonyl (C=O) groups is 2. The molecule has 1 aromatic heterocycles. The lowest BCUT2D eigenvalue weighted by molar-refractivity contribution is -0.119. The molecule has 200 valence electrons. The molecule has 0 spiro atoms. The lowest BCUT2D eigenvalue weighted by Crippen LogP contribution is -2.49. The Morgan fingerprint density at radius 2 is 1.92 bits per heavy atom. The number of likely N-dealkylation sites (N-methyl/N-ethyl adjacent to an activating group) is 1. The monoisotopic (exact) mass is 517 g/mol. The average molecular weight is 518 g/mol. The van der Waals surface area contributed by atoms with Crippen molar-refractivity contribution in [1.29, 1.82) is 0 Å². The van der Waals surface area contributed by atoms with Gasteiger partial charge in [-0.05, 0) is 31.2 Å². The Balaban J connectivity index is 1.03. The first kappa shape index (κ1) is 25.9. The summed E-state index contributed by atoms with van der Waals surface area (Å²) in [6, 6.07) is 19.9. The van der Waals surface area contributed by atoms with Crippen molar-refractivity contribution in [1.82, 2.24) is 25.2 Å². The largest absolute Gasteiger partial charge is 0.492 e. The third kappa shape index (κ3) is 6.79. The van der Waals surface area contributed by atoms with E-state index in [0.29, 0.717) is 31.8 Å². The molecule has 2 fully saturated rings. The highest BCUT2D eigenvalue weighted by atomic mass is 16.5. The summed E-state index contributed by atoms with van der Waals surface area (Å²) in [6.45, 7) is 5.90. The number of ether oxygens (including phenoxy) is 1. The van der Waals surface area contributed by atoms with Crippen molar-refractivity contribution in [2.75, 3.05) is 52.9 Å². The lowest BCUT2D eigenvalue weighted by atomic mass is 10.1.